The molecule has 0 fully saturated rings. The summed E-state index contributed by atoms with van der Waals surface area (Å²) in [7, 11) is 1.56. The Morgan fingerprint density at radius 1 is 1.53 bits per heavy atom. The Morgan fingerprint density at radius 2 is 2.26 bits per heavy atom. The van der Waals surface area contributed by atoms with Crippen LogP contribution in [0.2, 0.25) is 5.02 Å². The summed E-state index contributed by atoms with van der Waals surface area (Å²) in [4.78, 5) is 22.4. The van der Waals surface area contributed by atoms with Crippen LogP contribution in [0.4, 0.5) is 0 Å². The summed E-state index contributed by atoms with van der Waals surface area (Å²) < 4.78 is 10.2. The van der Waals surface area contributed by atoms with Crippen molar-refractivity contribution in [1.29, 1.82) is 0 Å². The molecule has 0 aliphatic carbocycles. The Bertz CT molecular complexity index is 450. The van der Waals surface area contributed by atoms with E-state index in [-0.39, 0.29) is 18.6 Å². The fraction of sp³-hybridized carbons (Fsp3) is 0.385. The molecule has 1 amide bonds. The van der Waals surface area contributed by atoms with Crippen molar-refractivity contribution in [3.05, 3.63) is 28.8 Å². The Balaban J connectivity index is 2.52. The number of carbonyl (C=O) groups excluding carboxylic acids is 2. The minimum atomic E-state index is -0.281. The highest BCUT2D eigenvalue weighted by Gasteiger charge is 2.09. The van der Waals surface area contributed by atoms with Crippen LogP contribution >= 0.6 is 11.6 Å². The van der Waals surface area contributed by atoms with Gasteiger partial charge in [0.05, 0.1) is 12.2 Å². The summed E-state index contributed by atoms with van der Waals surface area (Å²) in [6, 6.07) is 4.53. The van der Waals surface area contributed by atoms with Crippen molar-refractivity contribution in [2.75, 3.05) is 20.3 Å². The van der Waals surface area contributed by atoms with Crippen LogP contribution in [0.25, 0.3) is 0 Å². The van der Waals surface area contributed by atoms with Gasteiger partial charge in [0.15, 0.2) is 12.9 Å². The lowest BCUT2D eigenvalue weighted by molar-refractivity contribution is -0.124. The lowest BCUT2D eigenvalue weighted by Gasteiger charge is -2.13. The standard InChI is InChI=1S/C13H16ClNO4/c1-9(7-18-2)15-13(17)8-19-12-4-3-11(14)5-10(12)6-16/h3-6,9H,7-8H2,1-2H3,(H,15,17). The van der Waals surface area contributed by atoms with E-state index in [1.165, 1.54) is 6.07 Å². The van der Waals surface area contributed by atoms with Crippen molar-refractivity contribution in [3.8, 4) is 5.75 Å². The van der Waals surface area contributed by atoms with Crippen molar-refractivity contribution in [2.45, 2.75) is 13.0 Å². The van der Waals surface area contributed by atoms with Gasteiger partial charge in [-0.25, -0.2) is 0 Å². The highest BCUT2D eigenvalue weighted by atomic mass is 35.5. The SMILES string of the molecule is COCC(C)NC(=O)COc1ccc(Cl)cc1C=O. The molecule has 0 bridgehead atoms. The summed E-state index contributed by atoms with van der Waals surface area (Å²) in [5.41, 5.74) is 0.310. The zero-order chi connectivity index (χ0) is 14.3. The molecule has 1 N–H and O–H groups in total. The third-order valence-electron chi connectivity index (χ3n) is 2.28. The molecular weight excluding hydrogens is 270 g/mol. The van der Waals surface area contributed by atoms with Gasteiger partial charge in [0.1, 0.15) is 5.75 Å². The molecule has 0 aromatic heterocycles. The predicted molar refractivity (Wildman–Crippen MR) is 71.8 cm³/mol. The minimum absolute atomic E-state index is 0.100. The monoisotopic (exact) mass is 285 g/mol. The van der Waals surface area contributed by atoms with E-state index < -0.39 is 0 Å². The molecule has 0 radical (unpaired) electrons. The molecule has 5 nitrogen and oxygen atoms in total. The van der Waals surface area contributed by atoms with E-state index >= 15 is 0 Å². The highest BCUT2D eigenvalue weighted by molar-refractivity contribution is 6.30. The highest BCUT2D eigenvalue weighted by Crippen LogP contribution is 2.21. The summed E-state index contributed by atoms with van der Waals surface area (Å²) in [5.74, 6) is 0.0466. The second-order valence-electron chi connectivity index (χ2n) is 4.01. The number of nitrogens with one attached hydrogen (secondary N) is 1. The van der Waals surface area contributed by atoms with Crippen LogP contribution in [-0.4, -0.2) is 38.6 Å². The number of ether oxygens (including phenoxy) is 2. The normalized spacial score (nSPS) is 11.7. The zero-order valence-corrected chi connectivity index (χ0v) is 11.6. The third kappa shape index (κ3) is 5.28. The Labute approximate surface area is 116 Å². The van der Waals surface area contributed by atoms with Gasteiger partial charge in [-0.2, -0.15) is 0 Å². The molecule has 0 saturated heterocycles. The first-order chi connectivity index (χ1) is 9.06. The topological polar surface area (TPSA) is 64.6 Å². The second-order valence-corrected chi connectivity index (χ2v) is 4.45. The molecule has 19 heavy (non-hydrogen) atoms. The van der Waals surface area contributed by atoms with Gasteiger partial charge >= 0.3 is 0 Å². The molecule has 0 aliphatic rings. The van der Waals surface area contributed by atoms with E-state index in [0.717, 1.165) is 0 Å². The van der Waals surface area contributed by atoms with Crippen LogP contribution in [0.3, 0.4) is 0 Å². The average Bonchev–Trinajstić information content (AvgIpc) is 2.37. The molecule has 1 aromatic rings. The van der Waals surface area contributed by atoms with E-state index in [0.29, 0.717) is 29.2 Å². The van der Waals surface area contributed by atoms with E-state index in [9.17, 15) is 9.59 Å². The number of aldehydes is 1. The summed E-state index contributed by atoms with van der Waals surface area (Å²) in [5, 5.41) is 3.13. The third-order valence-corrected chi connectivity index (χ3v) is 2.52. The van der Waals surface area contributed by atoms with Crippen molar-refractivity contribution in [1.82, 2.24) is 5.32 Å². The van der Waals surface area contributed by atoms with Crippen molar-refractivity contribution >= 4 is 23.8 Å². The maximum absolute atomic E-state index is 11.6. The second kappa shape index (κ2) is 7.76. The fourth-order valence-corrected chi connectivity index (χ4v) is 1.67. The van der Waals surface area contributed by atoms with Crippen LogP contribution in [0.15, 0.2) is 18.2 Å². The molecule has 1 aromatic carbocycles. The van der Waals surface area contributed by atoms with Crippen molar-refractivity contribution in [3.63, 3.8) is 0 Å². The maximum atomic E-state index is 11.6. The van der Waals surface area contributed by atoms with Crippen LogP contribution in [0.1, 0.15) is 17.3 Å². The number of halogens is 1. The average molecular weight is 286 g/mol. The molecule has 0 spiro atoms. The van der Waals surface area contributed by atoms with Gasteiger partial charge in [-0.15, -0.1) is 0 Å². The molecular formula is C13H16ClNO4. The lowest BCUT2D eigenvalue weighted by Crippen LogP contribution is -2.38. The summed E-state index contributed by atoms with van der Waals surface area (Å²) >= 11 is 5.75. The number of carbonyl (C=O) groups is 2. The molecule has 1 unspecified atom stereocenters. The minimum Gasteiger partial charge on any atom is -0.483 e. The van der Waals surface area contributed by atoms with Gasteiger partial charge in [0.25, 0.3) is 5.91 Å². The first kappa shape index (κ1) is 15.5. The number of methoxy groups -OCH3 is 1. The van der Waals surface area contributed by atoms with Crippen LogP contribution in [0.5, 0.6) is 5.75 Å². The first-order valence-electron chi connectivity index (χ1n) is 5.72. The number of rotatable bonds is 7. The van der Waals surface area contributed by atoms with Gasteiger partial charge in [-0.3, -0.25) is 9.59 Å². The van der Waals surface area contributed by atoms with Crippen LogP contribution < -0.4 is 10.1 Å². The lowest BCUT2D eigenvalue weighted by atomic mass is 10.2. The number of amides is 1. The molecule has 0 heterocycles. The van der Waals surface area contributed by atoms with E-state index in [1.54, 1.807) is 19.2 Å². The molecule has 0 saturated carbocycles. The molecule has 0 aliphatic heterocycles. The van der Waals surface area contributed by atoms with Gasteiger partial charge < -0.3 is 14.8 Å². The molecule has 104 valence electrons. The molecule has 1 rings (SSSR count). The maximum Gasteiger partial charge on any atom is 0.258 e. The van der Waals surface area contributed by atoms with Gasteiger partial charge in [-0.05, 0) is 25.1 Å². The molecule has 6 heteroatoms. The van der Waals surface area contributed by atoms with Gasteiger partial charge in [0, 0.05) is 18.2 Å². The molecule has 1 atom stereocenters. The summed E-state index contributed by atoms with van der Waals surface area (Å²) in [6.45, 7) is 2.07. The van der Waals surface area contributed by atoms with E-state index in [4.69, 9.17) is 21.1 Å². The zero-order valence-electron chi connectivity index (χ0n) is 10.8. The van der Waals surface area contributed by atoms with Gasteiger partial charge in [-0.1, -0.05) is 11.6 Å². The van der Waals surface area contributed by atoms with Crippen LogP contribution in [0, 0.1) is 0 Å². The van der Waals surface area contributed by atoms with Gasteiger partial charge in [0.2, 0.25) is 0 Å². The fourth-order valence-electron chi connectivity index (χ4n) is 1.49. The predicted octanol–water partition coefficient (Wildman–Crippen LogP) is 1.68. The first-order valence-corrected chi connectivity index (χ1v) is 6.10. The summed E-state index contributed by atoms with van der Waals surface area (Å²) in [6.07, 6.45) is 0.632. The Kier molecular flexibility index (Phi) is 6.32. The van der Waals surface area contributed by atoms with Crippen molar-refractivity contribution in [2.24, 2.45) is 0 Å². The Morgan fingerprint density at radius 3 is 2.89 bits per heavy atom. The largest absolute Gasteiger partial charge is 0.483 e. The number of hydrogen-bond acceptors (Lipinski definition) is 4. The quantitative estimate of drug-likeness (QED) is 0.774. The van der Waals surface area contributed by atoms with Crippen molar-refractivity contribution < 1.29 is 19.1 Å². The number of benzene rings is 1. The van der Waals surface area contributed by atoms with E-state index in [1.807, 2.05) is 6.92 Å². The Hall–Kier alpha value is -1.59. The smallest absolute Gasteiger partial charge is 0.258 e. The number of hydrogen-bond donors (Lipinski definition) is 1. The van der Waals surface area contributed by atoms with Crippen LogP contribution in [-0.2, 0) is 9.53 Å². The van der Waals surface area contributed by atoms with E-state index in [2.05, 4.69) is 5.32 Å².